The van der Waals surface area contributed by atoms with Crippen LogP contribution >= 0.6 is 0 Å². The van der Waals surface area contributed by atoms with Gasteiger partial charge in [0.05, 0.1) is 24.5 Å². The van der Waals surface area contributed by atoms with Crippen molar-refractivity contribution in [3.8, 4) is 5.88 Å². The molecule has 0 saturated heterocycles. The van der Waals surface area contributed by atoms with Crippen molar-refractivity contribution in [3.63, 3.8) is 0 Å². The largest absolute Gasteiger partial charge is 0.477 e. The van der Waals surface area contributed by atoms with Crippen LogP contribution in [0.4, 0.5) is 5.82 Å². The summed E-state index contributed by atoms with van der Waals surface area (Å²) < 4.78 is 5.36. The molecule has 2 rings (SSSR count). The molecular formula is C15H20N4O. The van der Waals surface area contributed by atoms with Crippen LogP contribution < -0.4 is 15.8 Å². The first-order valence-electron chi connectivity index (χ1n) is 6.66. The van der Waals surface area contributed by atoms with Crippen LogP contribution in [-0.4, -0.2) is 23.1 Å². The molecule has 1 atom stereocenters. The van der Waals surface area contributed by atoms with Gasteiger partial charge in [0, 0.05) is 6.54 Å². The first kappa shape index (κ1) is 14.3. The van der Waals surface area contributed by atoms with Gasteiger partial charge >= 0.3 is 0 Å². The van der Waals surface area contributed by atoms with Crippen molar-refractivity contribution in [1.29, 1.82) is 0 Å². The van der Waals surface area contributed by atoms with E-state index in [1.54, 1.807) is 12.4 Å². The molecule has 1 aromatic carbocycles. The third-order valence-corrected chi connectivity index (χ3v) is 3.13. The molecule has 0 radical (unpaired) electrons. The summed E-state index contributed by atoms with van der Waals surface area (Å²) in [5.41, 5.74) is 6.64. The molecule has 2 aromatic rings. The maximum absolute atomic E-state index is 5.94. The van der Waals surface area contributed by atoms with Crippen molar-refractivity contribution in [2.45, 2.75) is 19.4 Å². The molecule has 106 valence electrons. The molecule has 5 heteroatoms. The van der Waals surface area contributed by atoms with E-state index in [2.05, 4.69) is 15.3 Å². The molecule has 1 aromatic heterocycles. The second kappa shape index (κ2) is 6.34. The Morgan fingerprint density at radius 2 is 2.00 bits per heavy atom. The maximum atomic E-state index is 5.94. The molecule has 0 aliphatic carbocycles. The average Bonchev–Trinajstić information content (AvgIpc) is 2.49. The second-order valence-corrected chi connectivity index (χ2v) is 4.70. The number of ether oxygens (including phenoxy) is 1. The van der Waals surface area contributed by atoms with Crippen LogP contribution in [0.3, 0.4) is 0 Å². The summed E-state index contributed by atoms with van der Waals surface area (Å²) in [6, 6.07) is 10.1. The highest BCUT2D eigenvalue weighted by Gasteiger charge is 2.25. The third kappa shape index (κ3) is 3.24. The lowest BCUT2D eigenvalue weighted by Crippen LogP contribution is -2.40. The Bertz CT molecular complexity index is 547. The summed E-state index contributed by atoms with van der Waals surface area (Å²) in [6.45, 7) is 4.95. The summed E-state index contributed by atoms with van der Waals surface area (Å²) in [7, 11) is 0. The summed E-state index contributed by atoms with van der Waals surface area (Å²) >= 11 is 0. The van der Waals surface area contributed by atoms with E-state index in [1.807, 2.05) is 44.2 Å². The fourth-order valence-corrected chi connectivity index (χ4v) is 1.96. The smallest absolute Gasteiger partial charge is 0.234 e. The van der Waals surface area contributed by atoms with Gasteiger partial charge in [0.15, 0.2) is 0 Å². The molecule has 5 nitrogen and oxygen atoms in total. The minimum absolute atomic E-state index is 0.402. The molecule has 0 aliphatic heterocycles. The van der Waals surface area contributed by atoms with E-state index in [4.69, 9.17) is 10.5 Å². The van der Waals surface area contributed by atoms with Gasteiger partial charge in [-0.15, -0.1) is 0 Å². The standard InChI is InChI=1S/C15H20N4O/c1-3-20-14-10-17-9-13(18-14)19-15(2,11-16)12-7-5-4-6-8-12/h4-10H,3,11,16H2,1-2H3,(H,18,19). The molecule has 0 bridgehead atoms. The van der Waals surface area contributed by atoms with Crippen molar-refractivity contribution in [2.24, 2.45) is 5.73 Å². The number of nitrogens with two attached hydrogens (primary N) is 1. The summed E-state index contributed by atoms with van der Waals surface area (Å²) in [5.74, 6) is 1.15. The zero-order chi connectivity index (χ0) is 14.4. The van der Waals surface area contributed by atoms with E-state index in [9.17, 15) is 0 Å². The number of rotatable bonds is 6. The number of aromatic nitrogens is 2. The van der Waals surface area contributed by atoms with Gasteiger partial charge in [0.25, 0.3) is 0 Å². The zero-order valence-corrected chi connectivity index (χ0v) is 11.8. The third-order valence-electron chi connectivity index (χ3n) is 3.13. The Labute approximate surface area is 119 Å². The van der Waals surface area contributed by atoms with Crippen LogP contribution in [-0.2, 0) is 5.54 Å². The van der Waals surface area contributed by atoms with Crippen molar-refractivity contribution in [1.82, 2.24) is 9.97 Å². The van der Waals surface area contributed by atoms with Gasteiger partial charge in [-0.2, -0.15) is 4.98 Å². The van der Waals surface area contributed by atoms with Crippen LogP contribution in [0, 0.1) is 0 Å². The van der Waals surface area contributed by atoms with E-state index in [0.717, 1.165) is 5.56 Å². The quantitative estimate of drug-likeness (QED) is 0.843. The van der Waals surface area contributed by atoms with Crippen LogP contribution in [0.25, 0.3) is 0 Å². The first-order chi connectivity index (χ1) is 9.68. The summed E-state index contributed by atoms with van der Waals surface area (Å²) in [4.78, 5) is 8.49. The Balaban J connectivity index is 2.24. The summed E-state index contributed by atoms with van der Waals surface area (Å²) in [6.07, 6.45) is 3.26. The van der Waals surface area contributed by atoms with Crippen molar-refractivity contribution in [2.75, 3.05) is 18.5 Å². The highest BCUT2D eigenvalue weighted by molar-refractivity contribution is 5.41. The molecule has 0 saturated carbocycles. The normalized spacial score (nSPS) is 13.6. The second-order valence-electron chi connectivity index (χ2n) is 4.70. The maximum Gasteiger partial charge on any atom is 0.234 e. The lowest BCUT2D eigenvalue weighted by molar-refractivity contribution is 0.325. The number of hydrogen-bond acceptors (Lipinski definition) is 5. The molecule has 3 N–H and O–H groups in total. The number of nitrogens with zero attached hydrogens (tertiary/aromatic N) is 2. The van der Waals surface area contributed by atoms with Crippen molar-refractivity contribution < 1.29 is 4.74 Å². The summed E-state index contributed by atoms with van der Waals surface area (Å²) in [5, 5.41) is 3.34. The molecule has 1 unspecified atom stereocenters. The molecule has 20 heavy (non-hydrogen) atoms. The highest BCUT2D eigenvalue weighted by atomic mass is 16.5. The SMILES string of the molecule is CCOc1cncc(NC(C)(CN)c2ccccc2)n1. The zero-order valence-electron chi connectivity index (χ0n) is 11.8. The van der Waals surface area contributed by atoms with E-state index < -0.39 is 5.54 Å². The molecule has 0 aliphatic rings. The first-order valence-corrected chi connectivity index (χ1v) is 6.66. The predicted molar refractivity (Wildman–Crippen MR) is 79.7 cm³/mol. The van der Waals surface area contributed by atoms with Gasteiger partial charge in [0.1, 0.15) is 5.82 Å². The van der Waals surface area contributed by atoms with Crippen LogP contribution in [0.2, 0.25) is 0 Å². The van der Waals surface area contributed by atoms with Gasteiger partial charge in [0.2, 0.25) is 5.88 Å². The number of benzene rings is 1. The molecule has 0 spiro atoms. The molecule has 0 amide bonds. The van der Waals surface area contributed by atoms with Crippen molar-refractivity contribution >= 4 is 5.82 Å². The van der Waals surface area contributed by atoms with E-state index in [1.165, 1.54) is 0 Å². The Morgan fingerprint density at radius 1 is 1.25 bits per heavy atom. The van der Waals surface area contributed by atoms with E-state index in [0.29, 0.717) is 24.8 Å². The minimum atomic E-state index is -0.402. The lowest BCUT2D eigenvalue weighted by atomic mass is 9.92. The Morgan fingerprint density at radius 3 is 2.65 bits per heavy atom. The van der Waals surface area contributed by atoms with Gasteiger partial charge in [-0.25, -0.2) is 0 Å². The predicted octanol–water partition coefficient (Wildman–Crippen LogP) is 2.16. The monoisotopic (exact) mass is 272 g/mol. The van der Waals surface area contributed by atoms with Gasteiger partial charge < -0.3 is 15.8 Å². The van der Waals surface area contributed by atoms with Crippen molar-refractivity contribution in [3.05, 3.63) is 48.3 Å². The van der Waals surface area contributed by atoms with Gasteiger partial charge in [-0.1, -0.05) is 30.3 Å². The number of nitrogens with one attached hydrogen (secondary N) is 1. The lowest BCUT2D eigenvalue weighted by Gasteiger charge is -2.30. The fourth-order valence-electron chi connectivity index (χ4n) is 1.96. The highest BCUT2D eigenvalue weighted by Crippen LogP contribution is 2.24. The Kier molecular flexibility index (Phi) is 4.53. The Hall–Kier alpha value is -2.14. The topological polar surface area (TPSA) is 73.1 Å². The van der Waals surface area contributed by atoms with E-state index in [-0.39, 0.29) is 0 Å². The minimum Gasteiger partial charge on any atom is -0.477 e. The van der Waals surface area contributed by atoms with Crippen LogP contribution in [0.5, 0.6) is 5.88 Å². The van der Waals surface area contributed by atoms with E-state index >= 15 is 0 Å². The number of hydrogen-bond donors (Lipinski definition) is 2. The van der Waals surface area contributed by atoms with Crippen LogP contribution in [0.15, 0.2) is 42.7 Å². The number of anilines is 1. The molecule has 0 fully saturated rings. The van der Waals surface area contributed by atoms with Gasteiger partial charge in [-0.3, -0.25) is 4.98 Å². The van der Waals surface area contributed by atoms with Gasteiger partial charge in [-0.05, 0) is 19.4 Å². The molecular weight excluding hydrogens is 252 g/mol. The average molecular weight is 272 g/mol. The van der Waals surface area contributed by atoms with Crippen LogP contribution in [0.1, 0.15) is 19.4 Å². The molecule has 1 heterocycles. The fraction of sp³-hybridized carbons (Fsp3) is 0.333.